The van der Waals surface area contributed by atoms with Crippen molar-refractivity contribution in [2.45, 2.75) is 32.6 Å². The van der Waals surface area contributed by atoms with Crippen LogP contribution in [0.4, 0.5) is 5.69 Å². The highest BCUT2D eigenvalue weighted by atomic mass is 15.2. The van der Waals surface area contributed by atoms with Gasteiger partial charge in [-0.25, -0.2) is 4.98 Å². The zero-order valence-electron chi connectivity index (χ0n) is 13.8. The Morgan fingerprint density at radius 1 is 0.957 bits per heavy atom. The van der Waals surface area contributed by atoms with E-state index in [4.69, 9.17) is 5.73 Å². The van der Waals surface area contributed by atoms with Crippen molar-refractivity contribution in [3.05, 3.63) is 65.5 Å². The summed E-state index contributed by atoms with van der Waals surface area (Å²) in [6.45, 7) is 6.66. The maximum atomic E-state index is 5.71. The van der Waals surface area contributed by atoms with Crippen molar-refractivity contribution in [3.63, 3.8) is 0 Å². The molecule has 0 saturated carbocycles. The highest BCUT2D eigenvalue weighted by Crippen LogP contribution is 2.23. The summed E-state index contributed by atoms with van der Waals surface area (Å²) in [6.07, 6.45) is 0.742. The molecular weight excluding hydrogens is 284 g/mol. The molecule has 0 aliphatic rings. The minimum absolute atomic E-state index is 0.174. The number of nitrogen functional groups attached to an aromatic ring is 1. The average Bonchev–Trinajstić information content (AvgIpc) is 2.96. The van der Waals surface area contributed by atoms with Crippen LogP contribution in [0.1, 0.15) is 37.7 Å². The number of benzene rings is 2. The lowest BCUT2D eigenvalue weighted by atomic mass is 9.86. The van der Waals surface area contributed by atoms with Gasteiger partial charge in [0.2, 0.25) is 0 Å². The molecule has 118 valence electrons. The second-order valence-corrected chi connectivity index (χ2v) is 6.85. The molecule has 0 aliphatic carbocycles. The number of aromatic nitrogens is 3. The SMILES string of the molecule is CC(C)(C)c1ccc(Cc2nc(-c3ccc(N)cc3)n[nH]2)cc1. The van der Waals surface area contributed by atoms with Gasteiger partial charge in [0.25, 0.3) is 0 Å². The number of anilines is 1. The highest BCUT2D eigenvalue weighted by Gasteiger charge is 2.13. The van der Waals surface area contributed by atoms with Crippen molar-refractivity contribution in [2.24, 2.45) is 0 Å². The average molecular weight is 306 g/mol. The smallest absolute Gasteiger partial charge is 0.181 e. The third-order valence-electron chi connectivity index (χ3n) is 3.89. The third kappa shape index (κ3) is 3.59. The predicted octanol–water partition coefficient (Wildman–Crippen LogP) is 3.94. The van der Waals surface area contributed by atoms with Crippen LogP contribution in [0.2, 0.25) is 0 Å². The Balaban J connectivity index is 1.75. The van der Waals surface area contributed by atoms with Crippen molar-refractivity contribution >= 4 is 5.69 Å². The van der Waals surface area contributed by atoms with Gasteiger partial charge in [0.05, 0.1) is 0 Å². The molecule has 0 unspecified atom stereocenters. The molecule has 3 aromatic rings. The molecule has 1 aromatic heterocycles. The maximum absolute atomic E-state index is 5.71. The summed E-state index contributed by atoms with van der Waals surface area (Å²) in [5.41, 5.74) is 10.1. The van der Waals surface area contributed by atoms with Gasteiger partial charge in [-0.05, 0) is 40.8 Å². The van der Waals surface area contributed by atoms with Gasteiger partial charge in [-0.2, -0.15) is 5.10 Å². The Morgan fingerprint density at radius 3 is 2.22 bits per heavy atom. The van der Waals surface area contributed by atoms with Crippen LogP contribution in [0.15, 0.2) is 48.5 Å². The van der Waals surface area contributed by atoms with E-state index in [1.807, 2.05) is 24.3 Å². The molecule has 4 heteroatoms. The standard InChI is InChI=1S/C19H22N4/c1-19(2,3)15-8-4-13(5-9-15)12-17-21-18(23-22-17)14-6-10-16(20)11-7-14/h4-11H,12,20H2,1-3H3,(H,21,22,23). The molecule has 3 N–H and O–H groups in total. The van der Waals surface area contributed by atoms with Crippen LogP contribution in [0.25, 0.3) is 11.4 Å². The second kappa shape index (κ2) is 5.88. The molecule has 4 nitrogen and oxygen atoms in total. The number of H-pyrrole nitrogens is 1. The predicted molar refractivity (Wildman–Crippen MR) is 94.2 cm³/mol. The first-order chi connectivity index (χ1) is 10.9. The van der Waals surface area contributed by atoms with Crippen molar-refractivity contribution in [3.8, 4) is 11.4 Å². The monoisotopic (exact) mass is 306 g/mol. The van der Waals surface area contributed by atoms with Gasteiger partial charge in [-0.1, -0.05) is 45.0 Å². The van der Waals surface area contributed by atoms with Crippen molar-refractivity contribution < 1.29 is 0 Å². The summed E-state index contributed by atoms with van der Waals surface area (Å²) >= 11 is 0. The lowest BCUT2D eigenvalue weighted by Gasteiger charge is -2.19. The van der Waals surface area contributed by atoms with Crippen molar-refractivity contribution in [2.75, 3.05) is 5.73 Å². The number of nitrogens with two attached hydrogens (primary N) is 1. The van der Waals surface area contributed by atoms with E-state index in [1.54, 1.807) is 0 Å². The summed E-state index contributed by atoms with van der Waals surface area (Å²) < 4.78 is 0. The normalized spacial score (nSPS) is 11.6. The first-order valence-electron chi connectivity index (χ1n) is 7.78. The molecule has 3 rings (SSSR count). The number of aromatic amines is 1. The summed E-state index contributed by atoms with van der Waals surface area (Å²) in [7, 11) is 0. The van der Waals surface area contributed by atoms with Gasteiger partial charge in [-0.3, -0.25) is 5.10 Å². The van der Waals surface area contributed by atoms with Crippen LogP contribution in [0.3, 0.4) is 0 Å². The van der Waals surface area contributed by atoms with E-state index in [9.17, 15) is 0 Å². The van der Waals surface area contributed by atoms with Crippen LogP contribution >= 0.6 is 0 Å². The Kier molecular flexibility index (Phi) is 3.90. The molecule has 0 radical (unpaired) electrons. The minimum Gasteiger partial charge on any atom is -0.399 e. The molecule has 1 heterocycles. The Bertz CT molecular complexity index is 777. The summed E-state index contributed by atoms with van der Waals surface area (Å²) in [6, 6.07) is 16.3. The zero-order valence-corrected chi connectivity index (χ0v) is 13.8. The fourth-order valence-corrected chi connectivity index (χ4v) is 2.45. The van der Waals surface area contributed by atoms with Crippen LogP contribution in [0, 0.1) is 0 Å². The Morgan fingerprint density at radius 2 is 1.61 bits per heavy atom. The van der Waals surface area contributed by atoms with E-state index >= 15 is 0 Å². The van der Waals surface area contributed by atoms with E-state index in [0.717, 1.165) is 23.5 Å². The second-order valence-electron chi connectivity index (χ2n) is 6.85. The number of rotatable bonds is 3. The molecule has 0 atom stereocenters. The number of nitrogens with one attached hydrogen (secondary N) is 1. The van der Waals surface area contributed by atoms with Crippen molar-refractivity contribution in [1.29, 1.82) is 0 Å². The minimum atomic E-state index is 0.174. The van der Waals surface area contributed by atoms with E-state index in [-0.39, 0.29) is 5.41 Å². The van der Waals surface area contributed by atoms with Crippen LogP contribution in [0.5, 0.6) is 0 Å². The van der Waals surface area contributed by atoms with Gasteiger partial charge in [0.15, 0.2) is 5.82 Å². The lowest BCUT2D eigenvalue weighted by molar-refractivity contribution is 0.590. The lowest BCUT2D eigenvalue weighted by Crippen LogP contribution is -2.10. The Hall–Kier alpha value is -2.62. The van der Waals surface area contributed by atoms with Gasteiger partial charge in [0.1, 0.15) is 5.82 Å². The first kappa shape index (κ1) is 15.3. The molecule has 0 fully saturated rings. The number of nitrogens with zero attached hydrogens (tertiary/aromatic N) is 2. The van der Waals surface area contributed by atoms with Crippen LogP contribution in [-0.4, -0.2) is 15.2 Å². The molecular formula is C19H22N4. The number of hydrogen-bond acceptors (Lipinski definition) is 3. The van der Waals surface area contributed by atoms with Gasteiger partial charge in [0, 0.05) is 17.7 Å². The van der Waals surface area contributed by atoms with Gasteiger partial charge >= 0.3 is 0 Å². The molecule has 0 amide bonds. The molecule has 0 saturated heterocycles. The van der Waals surface area contributed by atoms with Gasteiger partial charge < -0.3 is 5.73 Å². The largest absolute Gasteiger partial charge is 0.399 e. The molecule has 23 heavy (non-hydrogen) atoms. The molecule has 2 aromatic carbocycles. The van der Waals surface area contributed by atoms with Crippen LogP contribution in [-0.2, 0) is 11.8 Å². The fraction of sp³-hybridized carbons (Fsp3) is 0.263. The molecule has 0 aliphatic heterocycles. The van der Waals surface area contributed by atoms with Crippen molar-refractivity contribution in [1.82, 2.24) is 15.2 Å². The zero-order chi connectivity index (χ0) is 16.4. The number of hydrogen-bond donors (Lipinski definition) is 2. The van der Waals surface area contributed by atoms with Gasteiger partial charge in [-0.15, -0.1) is 0 Å². The highest BCUT2D eigenvalue weighted by molar-refractivity contribution is 5.58. The topological polar surface area (TPSA) is 67.6 Å². The summed E-state index contributed by atoms with van der Waals surface area (Å²) in [5.74, 6) is 1.56. The van der Waals surface area contributed by atoms with E-state index in [0.29, 0.717) is 5.82 Å². The molecule has 0 bridgehead atoms. The summed E-state index contributed by atoms with van der Waals surface area (Å²) in [5, 5.41) is 7.31. The van der Waals surface area contributed by atoms with E-state index in [1.165, 1.54) is 11.1 Å². The summed E-state index contributed by atoms with van der Waals surface area (Å²) in [4.78, 5) is 4.57. The quantitative estimate of drug-likeness (QED) is 0.720. The van der Waals surface area contributed by atoms with Crippen LogP contribution < -0.4 is 5.73 Å². The third-order valence-corrected chi connectivity index (χ3v) is 3.89. The van der Waals surface area contributed by atoms with E-state index in [2.05, 4.69) is 60.2 Å². The Labute approximate surface area is 136 Å². The fourth-order valence-electron chi connectivity index (χ4n) is 2.45. The first-order valence-corrected chi connectivity index (χ1v) is 7.78. The van der Waals surface area contributed by atoms with E-state index < -0.39 is 0 Å². The maximum Gasteiger partial charge on any atom is 0.181 e. The molecule has 0 spiro atoms.